The van der Waals surface area contributed by atoms with Crippen molar-refractivity contribution in [3.05, 3.63) is 58.7 Å². The van der Waals surface area contributed by atoms with E-state index >= 15 is 0 Å². The fraction of sp³-hybridized carbons (Fsp3) is 0.125. The van der Waals surface area contributed by atoms with E-state index < -0.39 is 5.24 Å². The van der Waals surface area contributed by atoms with Crippen LogP contribution in [0.25, 0.3) is 0 Å². The smallest absolute Gasteiger partial charge is 0.252 e. The third-order valence-electron chi connectivity index (χ3n) is 3.09. The first-order valence-electron chi connectivity index (χ1n) is 6.10. The summed E-state index contributed by atoms with van der Waals surface area (Å²) in [6.45, 7) is 3.82. The zero-order chi connectivity index (χ0) is 14.7. The van der Waals surface area contributed by atoms with Gasteiger partial charge in [0.25, 0.3) is 5.24 Å². The number of carbonyl (C=O) groups is 1. The van der Waals surface area contributed by atoms with Crippen LogP contribution in [-0.4, -0.2) is 5.24 Å². The van der Waals surface area contributed by atoms with Gasteiger partial charge in [-0.1, -0.05) is 18.2 Å². The lowest BCUT2D eigenvalue weighted by Crippen LogP contribution is -2.01. The molecule has 0 unspecified atom stereocenters. The zero-order valence-corrected chi connectivity index (χ0v) is 12.0. The molecule has 0 bridgehead atoms. The fourth-order valence-corrected chi connectivity index (χ4v) is 2.11. The summed E-state index contributed by atoms with van der Waals surface area (Å²) in [6.07, 6.45) is 0. The van der Waals surface area contributed by atoms with Gasteiger partial charge in [0.15, 0.2) is 0 Å². The summed E-state index contributed by atoms with van der Waals surface area (Å²) in [6, 6.07) is 13.1. The lowest BCUT2D eigenvalue weighted by Gasteiger charge is -2.14. The predicted molar refractivity (Wildman–Crippen MR) is 80.5 cm³/mol. The van der Waals surface area contributed by atoms with Crippen molar-refractivity contribution in [3.8, 4) is 6.07 Å². The van der Waals surface area contributed by atoms with Crippen LogP contribution < -0.4 is 5.32 Å². The molecular weight excluding hydrogens is 272 g/mol. The average Bonchev–Trinajstić information content (AvgIpc) is 2.42. The van der Waals surface area contributed by atoms with Gasteiger partial charge in [-0.25, -0.2) is 0 Å². The summed E-state index contributed by atoms with van der Waals surface area (Å²) in [4.78, 5) is 11.2. The van der Waals surface area contributed by atoms with Crippen LogP contribution in [0.5, 0.6) is 0 Å². The lowest BCUT2D eigenvalue weighted by molar-refractivity contribution is 0.108. The Morgan fingerprint density at radius 2 is 1.90 bits per heavy atom. The molecule has 1 N–H and O–H groups in total. The number of halogens is 1. The maximum Gasteiger partial charge on any atom is 0.252 e. The van der Waals surface area contributed by atoms with Crippen LogP contribution in [0.4, 0.5) is 11.4 Å². The van der Waals surface area contributed by atoms with Gasteiger partial charge in [-0.2, -0.15) is 5.26 Å². The normalized spacial score (nSPS) is 9.90. The molecule has 0 aliphatic heterocycles. The van der Waals surface area contributed by atoms with Crippen molar-refractivity contribution in [1.82, 2.24) is 0 Å². The van der Waals surface area contributed by atoms with E-state index in [9.17, 15) is 10.1 Å². The van der Waals surface area contributed by atoms with Crippen molar-refractivity contribution < 1.29 is 4.79 Å². The van der Waals surface area contributed by atoms with E-state index in [-0.39, 0.29) is 0 Å². The standard InChI is InChI=1S/C16H13ClN2O/c1-10-5-3-4-6-14(10)19-15-11(2)7-12(16(17)20)8-13(15)9-18/h3-8,19H,1-2H3. The Morgan fingerprint density at radius 3 is 2.50 bits per heavy atom. The quantitative estimate of drug-likeness (QED) is 0.855. The number of nitriles is 1. The van der Waals surface area contributed by atoms with Crippen LogP contribution in [0.1, 0.15) is 27.0 Å². The molecule has 0 heterocycles. The fourth-order valence-electron chi connectivity index (χ4n) is 2.00. The third kappa shape index (κ3) is 2.81. The van der Waals surface area contributed by atoms with Crippen LogP contribution in [0, 0.1) is 25.2 Å². The van der Waals surface area contributed by atoms with E-state index in [1.165, 1.54) is 6.07 Å². The van der Waals surface area contributed by atoms with Gasteiger partial charge in [-0.15, -0.1) is 0 Å². The van der Waals surface area contributed by atoms with Crippen LogP contribution in [0.15, 0.2) is 36.4 Å². The van der Waals surface area contributed by atoms with Crippen molar-refractivity contribution >= 4 is 28.2 Å². The molecule has 0 fully saturated rings. The average molecular weight is 285 g/mol. The molecule has 0 radical (unpaired) electrons. The van der Waals surface area contributed by atoms with Gasteiger partial charge in [-0.3, -0.25) is 4.79 Å². The van der Waals surface area contributed by atoms with Crippen molar-refractivity contribution in [3.63, 3.8) is 0 Å². The Bertz CT molecular complexity index is 717. The van der Waals surface area contributed by atoms with Crippen molar-refractivity contribution in [2.45, 2.75) is 13.8 Å². The largest absolute Gasteiger partial charge is 0.354 e. The number of rotatable bonds is 3. The van der Waals surface area contributed by atoms with E-state index in [4.69, 9.17) is 11.6 Å². The molecule has 0 amide bonds. The number of anilines is 2. The van der Waals surface area contributed by atoms with Crippen LogP contribution >= 0.6 is 11.6 Å². The second-order valence-corrected chi connectivity index (χ2v) is 4.88. The molecule has 100 valence electrons. The van der Waals surface area contributed by atoms with Crippen LogP contribution in [-0.2, 0) is 0 Å². The molecule has 2 aromatic rings. The highest BCUT2D eigenvalue weighted by molar-refractivity contribution is 6.67. The molecular formula is C16H13ClN2O. The SMILES string of the molecule is Cc1ccccc1Nc1c(C)cc(C(=O)Cl)cc1C#N. The summed E-state index contributed by atoms with van der Waals surface area (Å²) in [5, 5.41) is 11.9. The van der Waals surface area contributed by atoms with E-state index in [2.05, 4.69) is 11.4 Å². The minimum Gasteiger partial charge on any atom is -0.354 e. The first-order chi connectivity index (χ1) is 9.52. The monoisotopic (exact) mass is 284 g/mol. The number of benzene rings is 2. The highest BCUT2D eigenvalue weighted by Gasteiger charge is 2.12. The first kappa shape index (κ1) is 14.1. The van der Waals surface area contributed by atoms with Crippen molar-refractivity contribution in [2.24, 2.45) is 0 Å². The molecule has 4 heteroatoms. The van der Waals surface area contributed by atoms with E-state index in [1.807, 2.05) is 38.1 Å². The second kappa shape index (κ2) is 5.77. The Morgan fingerprint density at radius 1 is 1.20 bits per heavy atom. The van der Waals surface area contributed by atoms with Gasteiger partial charge in [-0.05, 0) is 54.8 Å². The van der Waals surface area contributed by atoms with Gasteiger partial charge in [0.2, 0.25) is 0 Å². The number of nitrogens with one attached hydrogen (secondary N) is 1. The van der Waals surface area contributed by atoms with Crippen molar-refractivity contribution in [2.75, 3.05) is 5.32 Å². The highest BCUT2D eigenvalue weighted by Crippen LogP contribution is 2.28. The van der Waals surface area contributed by atoms with E-state index in [0.29, 0.717) is 16.8 Å². The minimum atomic E-state index is -0.563. The van der Waals surface area contributed by atoms with E-state index in [0.717, 1.165) is 16.8 Å². The first-order valence-corrected chi connectivity index (χ1v) is 6.48. The Balaban J connectivity index is 2.50. The summed E-state index contributed by atoms with van der Waals surface area (Å²) in [7, 11) is 0. The lowest BCUT2D eigenvalue weighted by atomic mass is 10.0. The van der Waals surface area contributed by atoms with Gasteiger partial charge in [0.05, 0.1) is 11.3 Å². The highest BCUT2D eigenvalue weighted by atomic mass is 35.5. The number of nitrogens with zero attached hydrogens (tertiary/aromatic N) is 1. The predicted octanol–water partition coefficient (Wildman–Crippen LogP) is 4.30. The number of hydrogen-bond donors (Lipinski definition) is 1. The summed E-state index contributed by atoms with van der Waals surface area (Å²) < 4.78 is 0. The van der Waals surface area contributed by atoms with Crippen LogP contribution in [0.3, 0.4) is 0 Å². The molecule has 3 nitrogen and oxygen atoms in total. The second-order valence-electron chi connectivity index (χ2n) is 4.54. The van der Waals surface area contributed by atoms with Gasteiger partial charge in [0, 0.05) is 11.3 Å². The molecule has 0 aliphatic carbocycles. The summed E-state index contributed by atoms with van der Waals surface area (Å²) in [5.41, 5.74) is 4.23. The summed E-state index contributed by atoms with van der Waals surface area (Å²) >= 11 is 5.47. The Hall–Kier alpha value is -2.31. The number of hydrogen-bond acceptors (Lipinski definition) is 3. The summed E-state index contributed by atoms with van der Waals surface area (Å²) in [5.74, 6) is 0. The van der Waals surface area contributed by atoms with E-state index in [1.54, 1.807) is 6.07 Å². The minimum absolute atomic E-state index is 0.330. The maximum atomic E-state index is 11.2. The van der Waals surface area contributed by atoms with Crippen LogP contribution in [0.2, 0.25) is 0 Å². The zero-order valence-electron chi connectivity index (χ0n) is 11.2. The number of para-hydroxylation sites is 1. The molecule has 20 heavy (non-hydrogen) atoms. The molecule has 2 rings (SSSR count). The molecule has 0 saturated heterocycles. The number of carbonyl (C=O) groups excluding carboxylic acids is 1. The van der Waals surface area contributed by atoms with Gasteiger partial charge < -0.3 is 5.32 Å². The molecule has 0 saturated carbocycles. The third-order valence-corrected chi connectivity index (χ3v) is 3.31. The molecule has 0 aliphatic rings. The Kier molecular flexibility index (Phi) is 4.07. The molecule has 0 spiro atoms. The number of aryl methyl sites for hydroxylation is 2. The Labute approximate surface area is 122 Å². The van der Waals surface area contributed by atoms with Gasteiger partial charge >= 0.3 is 0 Å². The maximum absolute atomic E-state index is 11.2. The van der Waals surface area contributed by atoms with Crippen molar-refractivity contribution in [1.29, 1.82) is 5.26 Å². The topological polar surface area (TPSA) is 52.9 Å². The molecule has 2 aromatic carbocycles. The van der Waals surface area contributed by atoms with Gasteiger partial charge in [0.1, 0.15) is 6.07 Å². The molecule has 0 aromatic heterocycles. The molecule has 0 atom stereocenters.